The molecule has 0 aromatic heterocycles. The number of aryl methyl sites for hydroxylation is 2. The molecular weight excluding hydrogens is 391 g/mol. The molecule has 2 atom stereocenters. The highest BCUT2D eigenvalue weighted by atomic mass is 32.2. The molecule has 1 amide bonds. The number of benzene rings is 2. The van der Waals surface area contributed by atoms with E-state index in [1.165, 1.54) is 10.4 Å². The number of halogens is 1. The standard InChI is InChI=1S/C22H27FN2O3S/c1-14-10-15(2)13-25(12-14)29(27,28)18-8-9-20(23)19(11-18)22(26)24-21-16(3)6-5-7-17(21)4/h5-9,11,14-15H,10,12-13H2,1-4H3,(H,24,26). The quantitative estimate of drug-likeness (QED) is 0.802. The van der Waals surface area contributed by atoms with Crippen LogP contribution in [-0.4, -0.2) is 31.7 Å². The summed E-state index contributed by atoms with van der Waals surface area (Å²) in [6, 6.07) is 8.97. The van der Waals surface area contributed by atoms with Crippen molar-refractivity contribution >= 4 is 21.6 Å². The second-order valence-electron chi connectivity index (χ2n) is 8.13. The van der Waals surface area contributed by atoms with Crippen LogP contribution < -0.4 is 5.32 Å². The summed E-state index contributed by atoms with van der Waals surface area (Å²) in [4.78, 5) is 12.7. The van der Waals surface area contributed by atoms with Crippen LogP contribution in [0.5, 0.6) is 0 Å². The molecule has 1 fully saturated rings. The third-order valence-corrected chi connectivity index (χ3v) is 7.20. The number of anilines is 1. The average molecular weight is 419 g/mol. The first-order valence-corrected chi connectivity index (χ1v) is 11.2. The summed E-state index contributed by atoms with van der Waals surface area (Å²) in [6.45, 7) is 8.58. The van der Waals surface area contributed by atoms with Gasteiger partial charge in [0.2, 0.25) is 10.0 Å². The van der Waals surface area contributed by atoms with Crippen LogP contribution in [0.1, 0.15) is 41.8 Å². The van der Waals surface area contributed by atoms with Gasteiger partial charge in [0.1, 0.15) is 5.82 Å². The summed E-state index contributed by atoms with van der Waals surface area (Å²) in [5.41, 5.74) is 2.01. The van der Waals surface area contributed by atoms with E-state index in [9.17, 15) is 17.6 Å². The normalized spacial score (nSPS) is 20.4. The molecule has 0 radical (unpaired) electrons. The number of piperidine rings is 1. The number of carbonyl (C=O) groups excluding carboxylic acids is 1. The maximum atomic E-state index is 14.4. The smallest absolute Gasteiger partial charge is 0.258 e. The van der Waals surface area contributed by atoms with Crippen molar-refractivity contribution in [2.75, 3.05) is 18.4 Å². The Morgan fingerprint density at radius 1 is 1.07 bits per heavy atom. The summed E-state index contributed by atoms with van der Waals surface area (Å²) in [5.74, 6) is -0.924. The van der Waals surface area contributed by atoms with Crippen molar-refractivity contribution in [3.63, 3.8) is 0 Å². The Balaban J connectivity index is 1.92. The molecule has 156 valence electrons. The number of rotatable bonds is 4. The van der Waals surface area contributed by atoms with Gasteiger partial charge in [-0.3, -0.25) is 4.79 Å². The van der Waals surface area contributed by atoms with Crippen molar-refractivity contribution in [3.8, 4) is 0 Å². The van der Waals surface area contributed by atoms with Crippen LogP contribution in [0.3, 0.4) is 0 Å². The zero-order valence-corrected chi connectivity index (χ0v) is 18.0. The van der Waals surface area contributed by atoms with Gasteiger partial charge < -0.3 is 5.32 Å². The lowest BCUT2D eigenvalue weighted by atomic mass is 9.94. The Morgan fingerprint density at radius 2 is 1.66 bits per heavy atom. The number of sulfonamides is 1. The second-order valence-corrected chi connectivity index (χ2v) is 10.1. The fraction of sp³-hybridized carbons (Fsp3) is 0.409. The summed E-state index contributed by atoms with van der Waals surface area (Å²) in [6.07, 6.45) is 0.971. The molecule has 2 unspecified atom stereocenters. The Kier molecular flexibility index (Phi) is 6.10. The third kappa shape index (κ3) is 4.51. The van der Waals surface area contributed by atoms with Gasteiger partial charge in [-0.2, -0.15) is 4.31 Å². The first-order chi connectivity index (χ1) is 13.6. The van der Waals surface area contributed by atoms with Crippen LogP contribution in [0, 0.1) is 31.5 Å². The van der Waals surface area contributed by atoms with E-state index in [2.05, 4.69) is 5.32 Å². The van der Waals surface area contributed by atoms with E-state index in [0.29, 0.717) is 18.8 Å². The average Bonchev–Trinajstić information content (AvgIpc) is 2.64. The van der Waals surface area contributed by atoms with Crippen molar-refractivity contribution < 1.29 is 17.6 Å². The predicted octanol–water partition coefficient (Wildman–Crippen LogP) is 4.36. The van der Waals surface area contributed by atoms with Crippen LogP contribution in [0.15, 0.2) is 41.3 Å². The Bertz CT molecular complexity index is 1010. The number of amides is 1. The van der Waals surface area contributed by atoms with Crippen LogP contribution in [0.4, 0.5) is 10.1 Å². The molecule has 2 aromatic carbocycles. The van der Waals surface area contributed by atoms with Gasteiger partial charge in [-0.1, -0.05) is 32.0 Å². The fourth-order valence-corrected chi connectivity index (χ4v) is 5.69. The SMILES string of the molecule is Cc1cccc(C)c1NC(=O)c1cc(S(=O)(=O)N2CC(C)CC(C)C2)ccc1F. The molecular formula is C22H27FN2O3S. The van der Waals surface area contributed by atoms with Crippen LogP contribution >= 0.6 is 0 Å². The van der Waals surface area contributed by atoms with Crippen molar-refractivity contribution in [2.24, 2.45) is 11.8 Å². The number of hydrogen-bond acceptors (Lipinski definition) is 3. The number of nitrogens with one attached hydrogen (secondary N) is 1. The highest BCUT2D eigenvalue weighted by Gasteiger charge is 2.32. The number of carbonyl (C=O) groups is 1. The lowest BCUT2D eigenvalue weighted by molar-refractivity contribution is 0.102. The van der Waals surface area contributed by atoms with Gasteiger partial charge in [0, 0.05) is 18.8 Å². The molecule has 1 N–H and O–H groups in total. The Morgan fingerprint density at radius 3 is 2.24 bits per heavy atom. The molecule has 0 aliphatic carbocycles. The number of para-hydroxylation sites is 1. The molecule has 1 aliphatic rings. The maximum Gasteiger partial charge on any atom is 0.258 e. The van der Waals surface area contributed by atoms with Crippen molar-refractivity contribution in [1.82, 2.24) is 4.31 Å². The van der Waals surface area contributed by atoms with Gasteiger partial charge in [-0.25, -0.2) is 12.8 Å². The molecule has 3 rings (SSSR count). The molecule has 0 saturated carbocycles. The van der Waals surface area contributed by atoms with Gasteiger partial charge in [0.05, 0.1) is 10.5 Å². The Labute approximate surface area is 172 Å². The van der Waals surface area contributed by atoms with E-state index in [0.717, 1.165) is 29.7 Å². The summed E-state index contributed by atoms with van der Waals surface area (Å²) in [7, 11) is -3.80. The maximum absolute atomic E-state index is 14.4. The molecule has 0 spiro atoms. The zero-order valence-electron chi connectivity index (χ0n) is 17.2. The first kappa shape index (κ1) is 21.5. The Hall–Kier alpha value is -2.25. The highest BCUT2D eigenvalue weighted by molar-refractivity contribution is 7.89. The topological polar surface area (TPSA) is 66.5 Å². The van der Waals surface area contributed by atoms with Gasteiger partial charge in [-0.15, -0.1) is 0 Å². The molecule has 5 nitrogen and oxygen atoms in total. The molecule has 1 aliphatic heterocycles. The molecule has 29 heavy (non-hydrogen) atoms. The minimum Gasteiger partial charge on any atom is -0.321 e. The monoisotopic (exact) mass is 418 g/mol. The third-order valence-electron chi connectivity index (χ3n) is 5.38. The number of nitrogens with zero attached hydrogens (tertiary/aromatic N) is 1. The summed E-state index contributed by atoms with van der Waals surface area (Å²) < 4.78 is 42.1. The highest BCUT2D eigenvalue weighted by Crippen LogP contribution is 2.28. The van der Waals surface area contributed by atoms with Crippen molar-refractivity contribution in [2.45, 2.75) is 39.0 Å². The lowest BCUT2D eigenvalue weighted by Gasteiger charge is -2.34. The van der Waals surface area contributed by atoms with Crippen molar-refractivity contribution in [1.29, 1.82) is 0 Å². The van der Waals surface area contributed by atoms with Gasteiger partial charge in [0.15, 0.2) is 0 Å². The zero-order chi connectivity index (χ0) is 21.3. The van der Waals surface area contributed by atoms with Gasteiger partial charge in [0.25, 0.3) is 5.91 Å². The molecule has 2 aromatic rings. The molecule has 7 heteroatoms. The van der Waals surface area contributed by atoms with E-state index in [1.807, 2.05) is 45.9 Å². The van der Waals surface area contributed by atoms with E-state index in [1.54, 1.807) is 0 Å². The van der Waals surface area contributed by atoms with E-state index in [4.69, 9.17) is 0 Å². The number of hydrogen-bond donors (Lipinski definition) is 1. The summed E-state index contributed by atoms with van der Waals surface area (Å²) in [5, 5.41) is 2.72. The molecule has 1 heterocycles. The molecule has 0 bridgehead atoms. The van der Waals surface area contributed by atoms with E-state index in [-0.39, 0.29) is 22.3 Å². The van der Waals surface area contributed by atoms with Crippen LogP contribution in [0.2, 0.25) is 0 Å². The van der Waals surface area contributed by atoms with Gasteiger partial charge in [-0.05, 0) is 61.4 Å². The lowest BCUT2D eigenvalue weighted by Crippen LogP contribution is -2.42. The minimum atomic E-state index is -3.80. The summed E-state index contributed by atoms with van der Waals surface area (Å²) >= 11 is 0. The van der Waals surface area contributed by atoms with Gasteiger partial charge >= 0.3 is 0 Å². The largest absolute Gasteiger partial charge is 0.321 e. The fourth-order valence-electron chi connectivity index (χ4n) is 3.98. The van der Waals surface area contributed by atoms with Crippen LogP contribution in [-0.2, 0) is 10.0 Å². The predicted molar refractivity (Wildman–Crippen MR) is 112 cm³/mol. The second kappa shape index (κ2) is 8.24. The van der Waals surface area contributed by atoms with Crippen molar-refractivity contribution in [3.05, 3.63) is 58.9 Å². The van der Waals surface area contributed by atoms with E-state index >= 15 is 0 Å². The van der Waals surface area contributed by atoms with E-state index < -0.39 is 21.7 Å². The minimum absolute atomic E-state index is 0.0631. The molecule has 1 saturated heterocycles. The van der Waals surface area contributed by atoms with Crippen LogP contribution in [0.25, 0.3) is 0 Å². The first-order valence-electron chi connectivity index (χ1n) is 9.77.